The number of rotatable bonds is 0. The first kappa shape index (κ1) is 10.7. The standard InChI is InChI=1S/C11H21N3O/c1-10(2,3)14-9(15)12-11(13-14)7-5-4-6-8-11/h13H,4-8H2,1-3H3,(H,12,15). The van der Waals surface area contributed by atoms with Crippen molar-refractivity contribution in [2.24, 2.45) is 0 Å². The van der Waals surface area contributed by atoms with E-state index in [1.807, 2.05) is 20.8 Å². The number of hydrogen-bond donors (Lipinski definition) is 2. The molecule has 15 heavy (non-hydrogen) atoms. The van der Waals surface area contributed by atoms with Crippen LogP contribution in [0.2, 0.25) is 0 Å². The molecule has 2 N–H and O–H groups in total. The third-order valence-electron chi connectivity index (χ3n) is 3.25. The van der Waals surface area contributed by atoms with Gasteiger partial charge in [0.2, 0.25) is 0 Å². The van der Waals surface area contributed by atoms with Crippen LogP contribution in [0.5, 0.6) is 0 Å². The number of carbonyl (C=O) groups excluding carboxylic acids is 1. The Morgan fingerprint density at radius 2 is 1.80 bits per heavy atom. The van der Waals surface area contributed by atoms with Crippen molar-refractivity contribution in [2.45, 2.75) is 64.1 Å². The van der Waals surface area contributed by atoms with Gasteiger partial charge in [-0.2, -0.15) is 0 Å². The zero-order chi connectivity index (χ0) is 11.1. The van der Waals surface area contributed by atoms with Crippen molar-refractivity contribution in [3.05, 3.63) is 0 Å². The third-order valence-corrected chi connectivity index (χ3v) is 3.25. The van der Waals surface area contributed by atoms with Gasteiger partial charge in [0, 0.05) is 0 Å². The van der Waals surface area contributed by atoms with Gasteiger partial charge in [0.1, 0.15) is 5.66 Å². The molecule has 0 radical (unpaired) electrons. The highest BCUT2D eigenvalue weighted by Gasteiger charge is 2.45. The predicted molar refractivity (Wildman–Crippen MR) is 59.1 cm³/mol. The lowest BCUT2D eigenvalue weighted by Crippen LogP contribution is -2.55. The van der Waals surface area contributed by atoms with E-state index >= 15 is 0 Å². The van der Waals surface area contributed by atoms with Crippen LogP contribution in [0, 0.1) is 0 Å². The largest absolute Gasteiger partial charge is 0.333 e. The average molecular weight is 211 g/mol. The van der Waals surface area contributed by atoms with E-state index in [-0.39, 0.29) is 17.2 Å². The highest BCUT2D eigenvalue weighted by molar-refractivity contribution is 5.77. The van der Waals surface area contributed by atoms with E-state index < -0.39 is 0 Å². The first-order valence-corrected chi connectivity index (χ1v) is 5.83. The molecular weight excluding hydrogens is 190 g/mol. The molecule has 2 aliphatic rings. The number of hydrazine groups is 1. The quantitative estimate of drug-likeness (QED) is 0.643. The van der Waals surface area contributed by atoms with Crippen LogP contribution in [0.1, 0.15) is 52.9 Å². The molecule has 0 aromatic carbocycles. The molecular formula is C11H21N3O. The van der Waals surface area contributed by atoms with Crippen LogP contribution in [-0.4, -0.2) is 22.2 Å². The maximum Gasteiger partial charge on any atom is 0.333 e. The molecule has 1 spiro atoms. The molecule has 2 fully saturated rings. The Morgan fingerprint density at radius 1 is 1.20 bits per heavy atom. The van der Waals surface area contributed by atoms with Gasteiger partial charge in [0.25, 0.3) is 0 Å². The van der Waals surface area contributed by atoms with Crippen molar-refractivity contribution >= 4 is 6.03 Å². The summed E-state index contributed by atoms with van der Waals surface area (Å²) in [5.74, 6) is 0. The molecule has 0 atom stereocenters. The van der Waals surface area contributed by atoms with Gasteiger partial charge in [0.05, 0.1) is 5.54 Å². The molecule has 1 aliphatic heterocycles. The van der Waals surface area contributed by atoms with E-state index in [0.717, 1.165) is 12.8 Å². The second-order valence-corrected chi connectivity index (χ2v) is 5.69. The molecule has 1 heterocycles. The monoisotopic (exact) mass is 211 g/mol. The van der Waals surface area contributed by atoms with E-state index in [9.17, 15) is 4.79 Å². The topological polar surface area (TPSA) is 44.4 Å². The molecule has 2 rings (SSSR count). The van der Waals surface area contributed by atoms with E-state index in [1.165, 1.54) is 19.3 Å². The Bertz CT molecular complexity index is 263. The third kappa shape index (κ3) is 1.95. The normalized spacial score (nSPS) is 25.8. The number of urea groups is 1. The van der Waals surface area contributed by atoms with Crippen molar-refractivity contribution in [2.75, 3.05) is 0 Å². The Hall–Kier alpha value is -0.770. The molecule has 4 nitrogen and oxygen atoms in total. The van der Waals surface area contributed by atoms with Crippen molar-refractivity contribution in [3.63, 3.8) is 0 Å². The van der Waals surface area contributed by atoms with E-state index in [4.69, 9.17) is 0 Å². The summed E-state index contributed by atoms with van der Waals surface area (Å²) in [6, 6.07) is 0.0180. The van der Waals surface area contributed by atoms with Gasteiger partial charge in [-0.1, -0.05) is 6.42 Å². The van der Waals surface area contributed by atoms with Crippen molar-refractivity contribution in [3.8, 4) is 0 Å². The fraction of sp³-hybridized carbons (Fsp3) is 0.909. The van der Waals surface area contributed by atoms with Gasteiger partial charge >= 0.3 is 6.03 Å². The minimum absolute atomic E-state index is 0.0180. The van der Waals surface area contributed by atoms with Crippen LogP contribution in [0.25, 0.3) is 0 Å². The highest BCUT2D eigenvalue weighted by Crippen LogP contribution is 2.31. The van der Waals surface area contributed by atoms with Gasteiger partial charge in [-0.15, -0.1) is 0 Å². The van der Waals surface area contributed by atoms with Gasteiger partial charge in [-0.25, -0.2) is 10.2 Å². The molecule has 1 saturated heterocycles. The zero-order valence-corrected chi connectivity index (χ0v) is 9.89. The van der Waals surface area contributed by atoms with Crippen LogP contribution < -0.4 is 10.7 Å². The predicted octanol–water partition coefficient (Wildman–Crippen LogP) is 1.98. The van der Waals surface area contributed by atoms with Gasteiger partial charge < -0.3 is 5.32 Å². The Balaban J connectivity index is 2.12. The summed E-state index contributed by atoms with van der Waals surface area (Å²) in [5.41, 5.74) is 3.06. The minimum atomic E-state index is -0.162. The fourth-order valence-electron chi connectivity index (χ4n) is 2.42. The molecule has 0 aromatic rings. The van der Waals surface area contributed by atoms with Gasteiger partial charge in [-0.05, 0) is 46.5 Å². The Morgan fingerprint density at radius 3 is 2.27 bits per heavy atom. The summed E-state index contributed by atoms with van der Waals surface area (Å²) < 4.78 is 0. The van der Waals surface area contributed by atoms with Crippen LogP contribution in [-0.2, 0) is 0 Å². The summed E-state index contributed by atoms with van der Waals surface area (Å²) >= 11 is 0. The maximum atomic E-state index is 11.8. The van der Waals surface area contributed by atoms with E-state index in [1.54, 1.807) is 5.01 Å². The minimum Gasteiger partial charge on any atom is -0.317 e. The first-order chi connectivity index (χ1) is 6.93. The summed E-state index contributed by atoms with van der Waals surface area (Å²) in [7, 11) is 0. The lowest BCUT2D eigenvalue weighted by Gasteiger charge is -2.36. The Kier molecular flexibility index (Phi) is 2.41. The molecule has 0 bridgehead atoms. The molecule has 2 amide bonds. The molecule has 4 heteroatoms. The fourth-order valence-corrected chi connectivity index (χ4v) is 2.42. The lowest BCUT2D eigenvalue weighted by atomic mass is 9.90. The molecule has 1 saturated carbocycles. The molecule has 1 aliphatic carbocycles. The Labute approximate surface area is 91.4 Å². The van der Waals surface area contributed by atoms with Crippen LogP contribution in [0.15, 0.2) is 0 Å². The summed E-state index contributed by atoms with van der Waals surface area (Å²) in [4.78, 5) is 11.8. The van der Waals surface area contributed by atoms with E-state index in [2.05, 4.69) is 10.7 Å². The van der Waals surface area contributed by atoms with Crippen molar-refractivity contribution < 1.29 is 4.79 Å². The summed E-state index contributed by atoms with van der Waals surface area (Å²) in [6.07, 6.45) is 5.78. The number of hydrogen-bond acceptors (Lipinski definition) is 2. The smallest absolute Gasteiger partial charge is 0.317 e. The van der Waals surface area contributed by atoms with E-state index in [0.29, 0.717) is 0 Å². The van der Waals surface area contributed by atoms with Crippen LogP contribution >= 0.6 is 0 Å². The number of carbonyl (C=O) groups is 1. The molecule has 86 valence electrons. The van der Waals surface area contributed by atoms with Crippen LogP contribution in [0.3, 0.4) is 0 Å². The molecule has 0 aromatic heterocycles. The SMILES string of the molecule is CC(C)(C)N1NC2(CCCCC2)NC1=O. The second-order valence-electron chi connectivity index (χ2n) is 5.69. The number of amides is 2. The van der Waals surface area contributed by atoms with Crippen molar-refractivity contribution in [1.29, 1.82) is 0 Å². The lowest BCUT2D eigenvalue weighted by molar-refractivity contribution is 0.0896. The van der Waals surface area contributed by atoms with Gasteiger partial charge in [-0.3, -0.25) is 5.01 Å². The maximum absolute atomic E-state index is 11.8. The first-order valence-electron chi connectivity index (χ1n) is 5.83. The summed E-state index contributed by atoms with van der Waals surface area (Å²) in [5, 5.41) is 4.84. The number of nitrogens with one attached hydrogen (secondary N) is 2. The molecule has 0 unspecified atom stereocenters. The van der Waals surface area contributed by atoms with Crippen LogP contribution in [0.4, 0.5) is 4.79 Å². The summed E-state index contributed by atoms with van der Waals surface area (Å²) in [6.45, 7) is 6.13. The number of nitrogens with zero attached hydrogens (tertiary/aromatic N) is 1. The zero-order valence-electron chi connectivity index (χ0n) is 9.89. The second kappa shape index (κ2) is 3.37. The highest BCUT2D eigenvalue weighted by atomic mass is 16.2. The average Bonchev–Trinajstić information content (AvgIpc) is 2.44. The van der Waals surface area contributed by atoms with Crippen molar-refractivity contribution in [1.82, 2.24) is 15.8 Å². The van der Waals surface area contributed by atoms with Gasteiger partial charge in [0.15, 0.2) is 0 Å².